The van der Waals surface area contributed by atoms with Gasteiger partial charge in [-0.2, -0.15) is 13.2 Å². The van der Waals surface area contributed by atoms with Gasteiger partial charge < -0.3 is 5.32 Å². The molecule has 0 unspecified atom stereocenters. The molecule has 1 aromatic carbocycles. The molecule has 0 aliphatic carbocycles. The maximum atomic E-state index is 12.4. The number of alkyl halides is 3. The maximum Gasteiger partial charge on any atom is 0.416 e. The first-order valence-electron chi connectivity index (χ1n) is 6.00. The summed E-state index contributed by atoms with van der Waals surface area (Å²) in [5.74, 6) is -0.991. The third kappa shape index (κ3) is 3.86. The van der Waals surface area contributed by atoms with E-state index in [4.69, 9.17) is 11.6 Å². The minimum Gasteiger partial charge on any atom is -0.345 e. The van der Waals surface area contributed by atoms with E-state index in [2.05, 4.69) is 5.32 Å². The van der Waals surface area contributed by atoms with Crippen LogP contribution in [-0.2, 0) is 6.18 Å². The first-order valence-corrected chi connectivity index (χ1v) is 7.26. The Morgan fingerprint density at radius 3 is 2.27 bits per heavy atom. The number of carbonyl (C=O) groups excluding carboxylic acids is 2. The molecule has 116 valence electrons. The Kier molecular flexibility index (Phi) is 4.87. The van der Waals surface area contributed by atoms with Crippen LogP contribution in [0.5, 0.6) is 0 Å². The van der Waals surface area contributed by atoms with Crippen molar-refractivity contribution in [3.63, 3.8) is 0 Å². The van der Waals surface area contributed by atoms with E-state index in [-0.39, 0.29) is 17.9 Å². The third-order valence-electron chi connectivity index (χ3n) is 2.75. The van der Waals surface area contributed by atoms with Crippen molar-refractivity contribution in [2.75, 3.05) is 6.54 Å². The van der Waals surface area contributed by atoms with Gasteiger partial charge in [-0.05, 0) is 35.7 Å². The molecule has 8 heteroatoms. The largest absolute Gasteiger partial charge is 0.416 e. The van der Waals surface area contributed by atoms with Crippen LogP contribution in [0.4, 0.5) is 13.2 Å². The zero-order valence-electron chi connectivity index (χ0n) is 10.9. The van der Waals surface area contributed by atoms with E-state index in [9.17, 15) is 22.8 Å². The highest BCUT2D eigenvalue weighted by atomic mass is 35.5. The number of amides is 1. The van der Waals surface area contributed by atoms with Crippen molar-refractivity contribution in [1.82, 2.24) is 5.32 Å². The molecule has 0 saturated carbocycles. The van der Waals surface area contributed by atoms with Gasteiger partial charge in [0.25, 0.3) is 5.91 Å². The first-order chi connectivity index (χ1) is 10.3. The molecule has 1 aromatic heterocycles. The number of ketones is 1. The number of Topliss-reactive ketones (excluding diaryl/α,β-unsaturated/α-hetero) is 1. The lowest BCUT2D eigenvalue weighted by Crippen LogP contribution is -2.29. The smallest absolute Gasteiger partial charge is 0.345 e. The second-order valence-corrected chi connectivity index (χ2v) is 5.60. The van der Waals surface area contributed by atoms with Crippen LogP contribution in [0.1, 0.15) is 25.6 Å². The molecule has 2 rings (SSSR count). The minimum absolute atomic E-state index is 0.0399. The first kappa shape index (κ1) is 16.5. The minimum atomic E-state index is -4.46. The zero-order valence-corrected chi connectivity index (χ0v) is 12.5. The van der Waals surface area contributed by atoms with Gasteiger partial charge in [0.15, 0.2) is 5.78 Å². The van der Waals surface area contributed by atoms with E-state index in [0.29, 0.717) is 9.90 Å². The van der Waals surface area contributed by atoms with Gasteiger partial charge in [0, 0.05) is 5.56 Å². The number of hydrogen-bond donors (Lipinski definition) is 1. The lowest BCUT2D eigenvalue weighted by atomic mass is 10.1. The van der Waals surface area contributed by atoms with Gasteiger partial charge in [-0.25, -0.2) is 0 Å². The topological polar surface area (TPSA) is 46.2 Å². The molecule has 1 heterocycles. The molecular weight excluding hydrogens is 339 g/mol. The van der Waals surface area contributed by atoms with Crippen LogP contribution in [0.2, 0.25) is 5.02 Å². The molecule has 2 aromatic rings. The van der Waals surface area contributed by atoms with Crippen molar-refractivity contribution < 1.29 is 22.8 Å². The Labute approximate surface area is 132 Å². The van der Waals surface area contributed by atoms with Gasteiger partial charge in [-0.1, -0.05) is 11.6 Å². The van der Waals surface area contributed by atoms with E-state index in [1.807, 2.05) is 0 Å². The zero-order chi connectivity index (χ0) is 16.3. The molecule has 1 N–H and O–H groups in total. The number of halogens is 4. The van der Waals surface area contributed by atoms with Gasteiger partial charge in [0.1, 0.15) is 0 Å². The Morgan fingerprint density at radius 1 is 1.14 bits per heavy atom. The van der Waals surface area contributed by atoms with Crippen LogP contribution in [0.15, 0.2) is 35.7 Å². The summed E-state index contributed by atoms with van der Waals surface area (Å²) in [6.45, 7) is -0.278. The summed E-state index contributed by atoms with van der Waals surface area (Å²) in [6, 6.07) is 5.30. The fraction of sp³-hybridized carbons (Fsp3) is 0.143. The van der Waals surface area contributed by atoms with Gasteiger partial charge >= 0.3 is 6.18 Å². The molecule has 3 nitrogen and oxygen atoms in total. The van der Waals surface area contributed by atoms with Crippen molar-refractivity contribution in [1.29, 1.82) is 0 Å². The lowest BCUT2D eigenvalue weighted by molar-refractivity contribution is -0.137. The number of hydrogen-bond acceptors (Lipinski definition) is 3. The van der Waals surface area contributed by atoms with E-state index in [1.54, 1.807) is 11.4 Å². The summed E-state index contributed by atoms with van der Waals surface area (Å²) in [7, 11) is 0. The third-order valence-corrected chi connectivity index (χ3v) is 4.14. The van der Waals surface area contributed by atoms with E-state index >= 15 is 0 Å². The predicted molar refractivity (Wildman–Crippen MR) is 77.4 cm³/mol. The second kappa shape index (κ2) is 6.50. The summed E-state index contributed by atoms with van der Waals surface area (Å²) >= 11 is 6.95. The molecular formula is C14H9ClF3NO2S. The van der Waals surface area contributed by atoms with Crippen LogP contribution in [0.3, 0.4) is 0 Å². The molecule has 0 bridgehead atoms. The van der Waals surface area contributed by atoms with E-state index in [1.165, 1.54) is 0 Å². The van der Waals surface area contributed by atoms with Crippen molar-refractivity contribution in [3.8, 4) is 0 Å². The fourth-order valence-electron chi connectivity index (χ4n) is 1.65. The normalized spacial score (nSPS) is 11.3. The van der Waals surface area contributed by atoms with Crippen LogP contribution in [0, 0.1) is 0 Å². The Balaban J connectivity index is 1.98. The summed E-state index contributed by atoms with van der Waals surface area (Å²) in [4.78, 5) is 23.9. The molecule has 0 atom stereocenters. The molecule has 0 aliphatic heterocycles. The van der Waals surface area contributed by atoms with Gasteiger partial charge in [-0.15, -0.1) is 11.3 Å². The molecule has 0 radical (unpaired) electrons. The quantitative estimate of drug-likeness (QED) is 0.849. The van der Waals surface area contributed by atoms with Crippen LogP contribution < -0.4 is 5.32 Å². The monoisotopic (exact) mass is 347 g/mol. The van der Waals surface area contributed by atoms with Crippen molar-refractivity contribution in [2.45, 2.75) is 6.18 Å². The number of thiophene rings is 1. The molecule has 0 spiro atoms. The Hall–Kier alpha value is -1.86. The highest BCUT2D eigenvalue weighted by Gasteiger charge is 2.30. The number of carbonyl (C=O) groups is 2. The van der Waals surface area contributed by atoms with Crippen LogP contribution in [0.25, 0.3) is 0 Å². The van der Waals surface area contributed by atoms with E-state index < -0.39 is 17.6 Å². The number of nitrogens with one attached hydrogen (secondary N) is 1. The number of rotatable bonds is 4. The standard InChI is InChI=1S/C14H9ClF3NO2S/c15-10-5-6-22-12(10)11(20)7-19-13(21)8-1-3-9(4-2-8)14(16,17)18/h1-6H,7H2,(H,19,21). The Morgan fingerprint density at radius 2 is 1.77 bits per heavy atom. The molecule has 0 saturated heterocycles. The van der Waals surface area contributed by atoms with Crippen LogP contribution in [-0.4, -0.2) is 18.2 Å². The van der Waals surface area contributed by atoms with Gasteiger partial charge in [0.05, 0.1) is 22.0 Å². The van der Waals surface area contributed by atoms with Crippen LogP contribution >= 0.6 is 22.9 Å². The maximum absolute atomic E-state index is 12.4. The molecule has 0 aliphatic rings. The molecule has 22 heavy (non-hydrogen) atoms. The van der Waals surface area contributed by atoms with Gasteiger partial charge in [0.2, 0.25) is 0 Å². The van der Waals surface area contributed by atoms with Crippen molar-refractivity contribution >= 4 is 34.6 Å². The van der Waals surface area contributed by atoms with Crippen molar-refractivity contribution in [3.05, 3.63) is 56.7 Å². The average Bonchev–Trinajstić information content (AvgIpc) is 2.90. The van der Waals surface area contributed by atoms with Gasteiger partial charge in [-0.3, -0.25) is 9.59 Å². The average molecular weight is 348 g/mol. The summed E-state index contributed by atoms with van der Waals surface area (Å²) < 4.78 is 37.2. The molecule has 0 fully saturated rings. The summed E-state index contributed by atoms with van der Waals surface area (Å²) in [5.41, 5.74) is -0.802. The van der Waals surface area contributed by atoms with Crippen molar-refractivity contribution in [2.24, 2.45) is 0 Å². The highest BCUT2D eigenvalue weighted by molar-refractivity contribution is 7.12. The second-order valence-electron chi connectivity index (χ2n) is 4.28. The highest BCUT2D eigenvalue weighted by Crippen LogP contribution is 2.29. The SMILES string of the molecule is O=C(NCC(=O)c1sccc1Cl)c1ccc(C(F)(F)F)cc1. The molecule has 1 amide bonds. The van der Waals surface area contributed by atoms with E-state index in [0.717, 1.165) is 35.6 Å². The number of benzene rings is 1. The Bertz CT molecular complexity index is 695. The lowest BCUT2D eigenvalue weighted by Gasteiger charge is -2.08. The summed E-state index contributed by atoms with van der Waals surface area (Å²) in [5, 5.41) is 4.30. The predicted octanol–water partition coefficient (Wildman–Crippen LogP) is 4.03. The fourth-order valence-corrected chi connectivity index (χ4v) is 2.75. The summed E-state index contributed by atoms with van der Waals surface area (Å²) in [6.07, 6.45) is -4.46.